The Balaban J connectivity index is 0.00000341. The fourth-order valence-electron chi connectivity index (χ4n) is 3.28. The van der Waals surface area contributed by atoms with Crippen molar-refractivity contribution in [3.05, 3.63) is 42.2 Å². The van der Waals surface area contributed by atoms with E-state index in [4.69, 9.17) is 0 Å². The third-order valence-electron chi connectivity index (χ3n) is 4.90. The van der Waals surface area contributed by atoms with Crippen LogP contribution in [0.5, 0.6) is 0 Å². The van der Waals surface area contributed by atoms with E-state index in [1.807, 2.05) is 18.1 Å². The van der Waals surface area contributed by atoms with Crippen LogP contribution in [0.15, 0.2) is 46.5 Å². The van der Waals surface area contributed by atoms with Gasteiger partial charge in [-0.1, -0.05) is 18.2 Å². The van der Waals surface area contributed by atoms with Gasteiger partial charge in [0.15, 0.2) is 5.96 Å². The standard InChI is InChI=1S/C19H27N7O3S.HI/c1-20-19(21-11-15-7-5-6-8-17(15)30(28,29)23(2)3)25-9-10-26(18(27)14-25)16-12-22-24(4)13-16;/h5-8,12-13H,9-11,14H2,1-4H3,(H,20,21);1H. The van der Waals surface area contributed by atoms with Gasteiger partial charge in [-0.3, -0.25) is 14.5 Å². The van der Waals surface area contributed by atoms with Crippen LogP contribution in [0.3, 0.4) is 0 Å². The number of carbonyl (C=O) groups excluding carboxylic acids is 1. The van der Waals surface area contributed by atoms with E-state index in [1.165, 1.54) is 18.4 Å². The SMILES string of the molecule is CN=C(NCc1ccccc1S(=O)(=O)N(C)C)N1CCN(c2cnn(C)c2)C(=O)C1.I. The number of hydrogen-bond donors (Lipinski definition) is 1. The molecule has 3 rings (SSSR count). The van der Waals surface area contributed by atoms with Crippen LogP contribution < -0.4 is 10.2 Å². The van der Waals surface area contributed by atoms with Crippen molar-refractivity contribution in [2.75, 3.05) is 45.7 Å². The van der Waals surface area contributed by atoms with E-state index >= 15 is 0 Å². The summed E-state index contributed by atoms with van der Waals surface area (Å²) in [4.78, 5) is 20.7. The molecule has 1 aliphatic rings. The molecule has 1 aromatic carbocycles. The molecule has 10 nitrogen and oxygen atoms in total. The van der Waals surface area contributed by atoms with Gasteiger partial charge >= 0.3 is 0 Å². The number of benzene rings is 1. The van der Waals surface area contributed by atoms with Gasteiger partial charge in [-0.05, 0) is 11.6 Å². The zero-order valence-corrected chi connectivity index (χ0v) is 21.2. The van der Waals surface area contributed by atoms with E-state index in [-0.39, 0.29) is 47.9 Å². The van der Waals surface area contributed by atoms with E-state index in [0.29, 0.717) is 24.6 Å². The molecule has 1 fully saturated rings. The number of guanidine groups is 1. The minimum absolute atomic E-state index is 0. The van der Waals surface area contributed by atoms with E-state index in [1.54, 1.807) is 47.1 Å². The lowest BCUT2D eigenvalue weighted by Gasteiger charge is -2.35. The zero-order chi connectivity index (χ0) is 21.9. The second-order valence-corrected chi connectivity index (χ2v) is 9.26. The fraction of sp³-hybridized carbons (Fsp3) is 0.421. The predicted molar refractivity (Wildman–Crippen MR) is 130 cm³/mol. The molecule has 170 valence electrons. The van der Waals surface area contributed by atoms with E-state index in [2.05, 4.69) is 15.4 Å². The van der Waals surface area contributed by atoms with E-state index in [0.717, 1.165) is 5.69 Å². The number of amides is 1. The summed E-state index contributed by atoms with van der Waals surface area (Å²) in [5.41, 5.74) is 1.40. The van der Waals surface area contributed by atoms with Crippen LogP contribution in [0.4, 0.5) is 5.69 Å². The lowest BCUT2D eigenvalue weighted by atomic mass is 10.2. The van der Waals surface area contributed by atoms with Crippen molar-refractivity contribution < 1.29 is 13.2 Å². The highest BCUT2D eigenvalue weighted by Gasteiger charge is 2.28. The Labute approximate surface area is 200 Å². The van der Waals surface area contributed by atoms with Crippen LogP contribution in [0.25, 0.3) is 0 Å². The second-order valence-electron chi connectivity index (χ2n) is 7.14. The predicted octanol–water partition coefficient (Wildman–Crippen LogP) is 0.713. The number of sulfonamides is 1. The molecular weight excluding hydrogens is 533 g/mol. The van der Waals surface area contributed by atoms with Gasteiger partial charge in [0.2, 0.25) is 15.9 Å². The first-order chi connectivity index (χ1) is 14.2. The summed E-state index contributed by atoms with van der Waals surface area (Å²) in [5, 5.41) is 7.31. The zero-order valence-electron chi connectivity index (χ0n) is 18.0. The first-order valence-corrected chi connectivity index (χ1v) is 10.9. The number of piperazine rings is 1. The van der Waals surface area contributed by atoms with Gasteiger partial charge in [-0.15, -0.1) is 24.0 Å². The van der Waals surface area contributed by atoms with Crippen LogP contribution in [0, 0.1) is 0 Å². The third-order valence-corrected chi connectivity index (χ3v) is 6.82. The fourth-order valence-corrected chi connectivity index (χ4v) is 4.39. The summed E-state index contributed by atoms with van der Waals surface area (Å²) in [6, 6.07) is 6.85. The topological polar surface area (TPSA) is 103 Å². The van der Waals surface area contributed by atoms with E-state index in [9.17, 15) is 13.2 Å². The molecule has 1 N–H and O–H groups in total. The Kier molecular flexibility index (Phi) is 8.42. The highest BCUT2D eigenvalue weighted by Crippen LogP contribution is 2.19. The maximum atomic E-state index is 12.6. The maximum absolute atomic E-state index is 12.6. The number of carbonyl (C=O) groups is 1. The van der Waals surface area contributed by atoms with Gasteiger partial charge < -0.3 is 15.1 Å². The number of nitrogens with zero attached hydrogens (tertiary/aromatic N) is 6. The Morgan fingerprint density at radius 1 is 1.26 bits per heavy atom. The molecular formula is C19H28IN7O3S. The Bertz CT molecular complexity index is 1050. The highest BCUT2D eigenvalue weighted by atomic mass is 127. The van der Waals surface area contributed by atoms with Gasteiger partial charge in [-0.25, -0.2) is 12.7 Å². The Morgan fingerprint density at radius 3 is 2.55 bits per heavy atom. The molecule has 1 aromatic heterocycles. The van der Waals surface area contributed by atoms with Crippen molar-refractivity contribution in [3.8, 4) is 0 Å². The molecule has 0 aliphatic carbocycles. The largest absolute Gasteiger partial charge is 0.352 e. The number of aryl methyl sites for hydroxylation is 1. The number of nitrogens with one attached hydrogen (secondary N) is 1. The molecule has 0 bridgehead atoms. The average molecular weight is 561 g/mol. The molecule has 2 heterocycles. The summed E-state index contributed by atoms with van der Waals surface area (Å²) in [5.74, 6) is 0.499. The highest BCUT2D eigenvalue weighted by molar-refractivity contribution is 14.0. The Hall–Kier alpha value is -2.19. The number of hydrogen-bond acceptors (Lipinski definition) is 5. The molecule has 2 aromatic rings. The Morgan fingerprint density at radius 2 is 1.97 bits per heavy atom. The quantitative estimate of drug-likeness (QED) is 0.328. The van der Waals surface area contributed by atoms with E-state index < -0.39 is 10.0 Å². The smallest absolute Gasteiger partial charge is 0.246 e. The first-order valence-electron chi connectivity index (χ1n) is 9.49. The van der Waals surface area contributed by atoms with Crippen molar-refractivity contribution in [2.45, 2.75) is 11.4 Å². The minimum atomic E-state index is -3.56. The lowest BCUT2D eigenvalue weighted by molar-refractivity contribution is -0.120. The molecule has 12 heteroatoms. The molecule has 1 saturated heterocycles. The maximum Gasteiger partial charge on any atom is 0.246 e. The average Bonchev–Trinajstić information content (AvgIpc) is 3.14. The van der Waals surface area contributed by atoms with Crippen molar-refractivity contribution in [3.63, 3.8) is 0 Å². The summed E-state index contributed by atoms with van der Waals surface area (Å²) < 4.78 is 28.0. The number of aromatic nitrogens is 2. The third kappa shape index (κ3) is 5.54. The first kappa shape index (κ1) is 25.1. The van der Waals surface area contributed by atoms with Gasteiger partial charge in [0.25, 0.3) is 0 Å². The number of halogens is 1. The summed E-state index contributed by atoms with van der Waals surface area (Å²) in [6.45, 7) is 1.55. The van der Waals surface area contributed by atoms with Crippen molar-refractivity contribution in [2.24, 2.45) is 12.0 Å². The van der Waals surface area contributed by atoms with Gasteiger partial charge in [0, 0.05) is 54.0 Å². The molecule has 0 unspecified atom stereocenters. The molecule has 0 saturated carbocycles. The van der Waals surface area contributed by atoms with Crippen molar-refractivity contribution in [1.82, 2.24) is 24.3 Å². The van der Waals surface area contributed by atoms with Crippen LogP contribution in [0.1, 0.15) is 5.56 Å². The molecule has 0 spiro atoms. The summed E-state index contributed by atoms with van der Waals surface area (Å²) in [7, 11) is 2.90. The van der Waals surface area contributed by atoms with Gasteiger partial charge in [-0.2, -0.15) is 5.10 Å². The normalized spacial score (nSPS) is 15.3. The van der Waals surface area contributed by atoms with Crippen molar-refractivity contribution in [1.29, 1.82) is 0 Å². The van der Waals surface area contributed by atoms with Gasteiger partial charge in [0.1, 0.15) is 6.54 Å². The minimum Gasteiger partial charge on any atom is -0.352 e. The number of anilines is 1. The van der Waals surface area contributed by atoms with Gasteiger partial charge in [0.05, 0.1) is 16.8 Å². The monoisotopic (exact) mass is 561 g/mol. The van der Waals surface area contributed by atoms with Crippen LogP contribution >= 0.6 is 24.0 Å². The molecule has 31 heavy (non-hydrogen) atoms. The summed E-state index contributed by atoms with van der Waals surface area (Å²) >= 11 is 0. The van der Waals surface area contributed by atoms with Crippen LogP contribution in [-0.4, -0.2) is 80.0 Å². The lowest BCUT2D eigenvalue weighted by Crippen LogP contribution is -2.55. The molecule has 1 aliphatic heterocycles. The number of aliphatic imine (C=N–C) groups is 1. The molecule has 1 amide bonds. The molecule has 0 radical (unpaired) electrons. The number of rotatable bonds is 5. The van der Waals surface area contributed by atoms with Crippen molar-refractivity contribution >= 4 is 51.6 Å². The van der Waals surface area contributed by atoms with Crippen LogP contribution in [-0.2, 0) is 28.4 Å². The second kappa shape index (κ2) is 10.4. The summed E-state index contributed by atoms with van der Waals surface area (Å²) in [6.07, 6.45) is 3.48. The molecule has 0 atom stereocenters. The van der Waals surface area contributed by atoms with Crippen LogP contribution in [0.2, 0.25) is 0 Å².